The summed E-state index contributed by atoms with van der Waals surface area (Å²) in [6.07, 6.45) is 14.4. The van der Waals surface area contributed by atoms with Crippen molar-refractivity contribution in [2.75, 3.05) is 0 Å². The van der Waals surface area contributed by atoms with Gasteiger partial charge in [0.05, 0.1) is 0 Å². The quantitative estimate of drug-likeness (QED) is 0.460. The molecule has 140 valence electrons. The van der Waals surface area contributed by atoms with E-state index >= 15 is 0 Å². The fraction of sp³-hybridized carbons (Fsp3) is 0.870. The fourth-order valence-corrected chi connectivity index (χ4v) is 7.59. The Hall–Kier alpha value is -0.790. The number of hydrogen-bond donors (Lipinski definition) is 0. The van der Waals surface area contributed by atoms with E-state index in [4.69, 9.17) is 4.74 Å². The van der Waals surface area contributed by atoms with Gasteiger partial charge >= 0.3 is 5.97 Å². The highest BCUT2D eigenvalue weighted by Gasteiger charge is 2.60. The van der Waals surface area contributed by atoms with Crippen LogP contribution in [-0.2, 0) is 9.53 Å². The maximum atomic E-state index is 11.6. The smallest absolute Gasteiger partial charge is 0.302 e. The molecule has 0 amide bonds. The average molecular weight is 345 g/mol. The van der Waals surface area contributed by atoms with E-state index in [0.29, 0.717) is 5.41 Å². The summed E-state index contributed by atoms with van der Waals surface area (Å²) < 4.78 is 5.78. The second-order valence-corrected chi connectivity index (χ2v) is 10.0. The SMILES string of the molecule is CCC1=CC[C@@]2(C)[C@@H](CC[C@H]3[C@H]2CC[C@]2(C)[C@H](OC(C)=O)CC[C@@H]32)C1. The summed E-state index contributed by atoms with van der Waals surface area (Å²) in [7, 11) is 0. The van der Waals surface area contributed by atoms with Crippen LogP contribution in [0.15, 0.2) is 11.6 Å². The zero-order valence-electron chi connectivity index (χ0n) is 16.6. The first-order valence-electron chi connectivity index (χ1n) is 10.7. The number of carbonyl (C=O) groups excluding carboxylic acids is 1. The Labute approximate surface area is 153 Å². The Morgan fingerprint density at radius 1 is 1.12 bits per heavy atom. The first kappa shape index (κ1) is 17.6. The van der Waals surface area contributed by atoms with Gasteiger partial charge in [-0.25, -0.2) is 0 Å². The summed E-state index contributed by atoms with van der Waals surface area (Å²) in [5, 5.41) is 0. The van der Waals surface area contributed by atoms with E-state index in [-0.39, 0.29) is 17.5 Å². The summed E-state index contributed by atoms with van der Waals surface area (Å²) in [5.41, 5.74) is 2.45. The molecule has 4 rings (SSSR count). The third kappa shape index (κ3) is 2.61. The van der Waals surface area contributed by atoms with Gasteiger partial charge in [0.2, 0.25) is 0 Å². The van der Waals surface area contributed by atoms with Crippen molar-refractivity contribution in [1.29, 1.82) is 0 Å². The minimum Gasteiger partial charge on any atom is -0.462 e. The van der Waals surface area contributed by atoms with Crippen LogP contribution in [0.2, 0.25) is 0 Å². The van der Waals surface area contributed by atoms with Crippen molar-refractivity contribution < 1.29 is 9.53 Å². The maximum Gasteiger partial charge on any atom is 0.302 e. The highest BCUT2D eigenvalue weighted by molar-refractivity contribution is 5.66. The van der Waals surface area contributed by atoms with Crippen molar-refractivity contribution in [3.05, 3.63) is 11.6 Å². The number of hydrogen-bond acceptors (Lipinski definition) is 2. The van der Waals surface area contributed by atoms with Gasteiger partial charge in [-0.15, -0.1) is 0 Å². The topological polar surface area (TPSA) is 26.3 Å². The first-order chi connectivity index (χ1) is 11.9. The van der Waals surface area contributed by atoms with Gasteiger partial charge in [-0.3, -0.25) is 4.79 Å². The standard InChI is InChI=1S/C23H36O2/c1-5-16-10-12-22(3)17(14-16)6-7-18-19-8-9-21(25-15(2)24)23(19,4)13-11-20(18)22/h10,17-21H,5-9,11-14H2,1-4H3/t17-,18+,19-,20+,21+,22-,23-/m0/s1. The highest BCUT2D eigenvalue weighted by Crippen LogP contribution is 2.66. The van der Waals surface area contributed by atoms with E-state index in [2.05, 4.69) is 26.8 Å². The van der Waals surface area contributed by atoms with Gasteiger partial charge in [0.15, 0.2) is 0 Å². The Kier molecular flexibility index (Phi) is 4.32. The molecule has 0 N–H and O–H groups in total. The van der Waals surface area contributed by atoms with E-state index < -0.39 is 0 Å². The second-order valence-electron chi connectivity index (χ2n) is 10.0. The number of ether oxygens (including phenoxy) is 1. The number of allylic oxidation sites excluding steroid dienone is 2. The zero-order chi connectivity index (χ0) is 17.8. The molecule has 3 fully saturated rings. The molecule has 0 spiro atoms. The van der Waals surface area contributed by atoms with Crippen LogP contribution in [-0.4, -0.2) is 12.1 Å². The van der Waals surface area contributed by atoms with E-state index in [0.717, 1.165) is 30.1 Å². The Balaban J connectivity index is 1.58. The lowest BCUT2D eigenvalue weighted by Gasteiger charge is -2.60. The van der Waals surface area contributed by atoms with Crippen LogP contribution in [0.5, 0.6) is 0 Å². The molecule has 0 aromatic heterocycles. The summed E-state index contributed by atoms with van der Waals surface area (Å²) >= 11 is 0. The molecule has 0 aromatic carbocycles. The normalized spacial score (nSPS) is 48.8. The highest BCUT2D eigenvalue weighted by atomic mass is 16.5. The molecule has 0 unspecified atom stereocenters. The summed E-state index contributed by atoms with van der Waals surface area (Å²) in [5.74, 6) is 3.33. The van der Waals surface area contributed by atoms with E-state index in [1.54, 1.807) is 12.5 Å². The Bertz CT molecular complexity index is 579. The van der Waals surface area contributed by atoms with Crippen LogP contribution >= 0.6 is 0 Å². The second kappa shape index (κ2) is 6.13. The van der Waals surface area contributed by atoms with Crippen molar-refractivity contribution in [3.8, 4) is 0 Å². The van der Waals surface area contributed by atoms with Gasteiger partial charge in [0.1, 0.15) is 6.10 Å². The molecule has 0 bridgehead atoms. The van der Waals surface area contributed by atoms with E-state index in [9.17, 15) is 4.79 Å². The average Bonchev–Trinajstić information content (AvgIpc) is 2.90. The molecule has 0 aliphatic heterocycles. The van der Waals surface area contributed by atoms with Crippen LogP contribution in [0.25, 0.3) is 0 Å². The lowest BCUT2D eigenvalue weighted by molar-refractivity contribution is -0.159. The van der Waals surface area contributed by atoms with Crippen molar-refractivity contribution in [1.82, 2.24) is 0 Å². The van der Waals surface area contributed by atoms with E-state index in [1.807, 2.05) is 0 Å². The molecule has 3 saturated carbocycles. The molecule has 4 aliphatic rings. The predicted molar refractivity (Wildman–Crippen MR) is 101 cm³/mol. The maximum absolute atomic E-state index is 11.6. The number of fused-ring (bicyclic) bond motifs is 5. The largest absolute Gasteiger partial charge is 0.462 e. The van der Waals surface area contributed by atoms with Crippen LogP contribution in [0.3, 0.4) is 0 Å². The number of carbonyl (C=O) groups is 1. The van der Waals surface area contributed by atoms with Gasteiger partial charge in [-0.2, -0.15) is 0 Å². The van der Waals surface area contributed by atoms with Gasteiger partial charge in [0, 0.05) is 12.3 Å². The predicted octanol–water partition coefficient (Wildman–Crippen LogP) is 5.91. The number of esters is 1. The lowest BCUT2D eigenvalue weighted by atomic mass is 9.45. The molecule has 2 nitrogen and oxygen atoms in total. The molecule has 0 heterocycles. The number of rotatable bonds is 2. The lowest BCUT2D eigenvalue weighted by Crippen LogP contribution is -2.53. The summed E-state index contributed by atoms with van der Waals surface area (Å²) in [4.78, 5) is 11.6. The molecular weight excluding hydrogens is 308 g/mol. The van der Waals surface area contributed by atoms with Gasteiger partial charge in [-0.05, 0) is 86.9 Å². The van der Waals surface area contributed by atoms with Crippen LogP contribution in [0, 0.1) is 34.5 Å². The first-order valence-corrected chi connectivity index (χ1v) is 10.7. The zero-order valence-corrected chi connectivity index (χ0v) is 16.6. The molecule has 7 atom stereocenters. The van der Waals surface area contributed by atoms with Gasteiger partial charge < -0.3 is 4.74 Å². The van der Waals surface area contributed by atoms with Crippen LogP contribution in [0.1, 0.15) is 85.5 Å². The molecule has 2 heteroatoms. The van der Waals surface area contributed by atoms with Gasteiger partial charge in [0.25, 0.3) is 0 Å². The molecule has 0 aromatic rings. The summed E-state index contributed by atoms with van der Waals surface area (Å²) in [6, 6.07) is 0. The van der Waals surface area contributed by atoms with Crippen molar-refractivity contribution in [2.45, 2.75) is 91.6 Å². The fourth-order valence-electron chi connectivity index (χ4n) is 7.59. The van der Waals surface area contributed by atoms with Crippen molar-refractivity contribution in [2.24, 2.45) is 34.5 Å². The van der Waals surface area contributed by atoms with Crippen LogP contribution in [0.4, 0.5) is 0 Å². The van der Waals surface area contributed by atoms with Gasteiger partial charge in [-0.1, -0.05) is 32.4 Å². The van der Waals surface area contributed by atoms with Crippen LogP contribution < -0.4 is 0 Å². The molecule has 0 radical (unpaired) electrons. The van der Waals surface area contributed by atoms with Crippen molar-refractivity contribution >= 4 is 5.97 Å². The molecule has 25 heavy (non-hydrogen) atoms. The Morgan fingerprint density at radius 2 is 1.88 bits per heavy atom. The minimum atomic E-state index is -0.0887. The molecular formula is C23H36O2. The van der Waals surface area contributed by atoms with E-state index in [1.165, 1.54) is 51.4 Å². The monoisotopic (exact) mass is 344 g/mol. The molecule has 0 saturated heterocycles. The minimum absolute atomic E-state index is 0.0887. The summed E-state index contributed by atoms with van der Waals surface area (Å²) in [6.45, 7) is 8.94. The molecule has 4 aliphatic carbocycles. The van der Waals surface area contributed by atoms with Crippen molar-refractivity contribution in [3.63, 3.8) is 0 Å². The third-order valence-electron chi connectivity index (χ3n) is 9.08. The Morgan fingerprint density at radius 3 is 2.60 bits per heavy atom. The third-order valence-corrected chi connectivity index (χ3v) is 9.08.